The lowest BCUT2D eigenvalue weighted by molar-refractivity contribution is 0.0781. The van der Waals surface area contributed by atoms with Crippen LogP contribution in [0, 0.1) is 5.82 Å². The van der Waals surface area contributed by atoms with Crippen molar-refractivity contribution in [1.29, 1.82) is 0 Å². The third kappa shape index (κ3) is 3.87. The van der Waals surface area contributed by atoms with E-state index in [9.17, 15) is 18.5 Å². The van der Waals surface area contributed by atoms with E-state index in [0.717, 1.165) is 61.4 Å². The van der Waals surface area contributed by atoms with E-state index in [1.807, 2.05) is 0 Å². The van der Waals surface area contributed by atoms with E-state index in [-0.39, 0.29) is 4.90 Å². The number of aryl methyl sites for hydroxylation is 2. The lowest BCUT2D eigenvalue weighted by atomic mass is 9.99. The van der Waals surface area contributed by atoms with Gasteiger partial charge in [-0.15, -0.1) is 4.36 Å². The van der Waals surface area contributed by atoms with Crippen LogP contribution in [0.15, 0.2) is 33.5 Å². The number of fused-ring (bicyclic) bond motifs is 2. The maximum atomic E-state index is 14.6. The first-order valence-electron chi connectivity index (χ1n) is 10.1. The Morgan fingerprint density at radius 2 is 1.73 bits per heavy atom. The molecular weight excluding hydrogens is 405 g/mol. The second-order valence-electron chi connectivity index (χ2n) is 8.53. The molecule has 0 saturated heterocycles. The molecule has 4 rings (SSSR count). The van der Waals surface area contributed by atoms with Crippen LogP contribution in [0.2, 0.25) is 0 Å². The molecule has 4 N–H and O–H groups in total. The summed E-state index contributed by atoms with van der Waals surface area (Å²) in [5.41, 5.74) is 4.52. The predicted molar refractivity (Wildman–Crippen MR) is 114 cm³/mol. The van der Waals surface area contributed by atoms with Crippen LogP contribution in [0.25, 0.3) is 0 Å². The van der Waals surface area contributed by atoms with Crippen molar-refractivity contribution in [1.82, 2.24) is 0 Å². The quantitative estimate of drug-likeness (QED) is 0.685. The van der Waals surface area contributed by atoms with Crippen molar-refractivity contribution < 1.29 is 18.5 Å². The average molecular weight is 432 g/mol. The number of urea groups is 1. The maximum Gasteiger partial charge on any atom is 0.354 e. The Hall–Kier alpha value is -2.29. The minimum atomic E-state index is -3.79. The Morgan fingerprint density at radius 1 is 1.13 bits per heavy atom. The van der Waals surface area contributed by atoms with Gasteiger partial charge in [0.25, 0.3) is 0 Å². The topological polar surface area (TPSA) is 105 Å². The third-order valence-corrected chi connectivity index (χ3v) is 7.28. The molecule has 0 spiro atoms. The number of hydrogen-bond acceptors (Lipinski definition) is 3. The number of amides is 2. The van der Waals surface area contributed by atoms with Crippen LogP contribution in [0.3, 0.4) is 0 Å². The summed E-state index contributed by atoms with van der Waals surface area (Å²) in [7, 11) is -3.79. The number of aliphatic hydroxyl groups is 1. The van der Waals surface area contributed by atoms with Crippen LogP contribution in [-0.2, 0) is 41.2 Å². The molecule has 0 saturated carbocycles. The highest BCUT2D eigenvalue weighted by atomic mass is 32.2. The molecule has 0 unspecified atom stereocenters. The molecule has 0 radical (unpaired) electrons. The van der Waals surface area contributed by atoms with Crippen molar-refractivity contribution in [3.05, 3.63) is 57.9 Å². The molecule has 0 aliphatic heterocycles. The fourth-order valence-electron chi connectivity index (χ4n) is 4.39. The molecule has 0 aromatic heterocycles. The number of rotatable bonds is 3. The second-order valence-corrected chi connectivity index (χ2v) is 10.3. The molecule has 2 aromatic rings. The van der Waals surface area contributed by atoms with Crippen LogP contribution in [0.5, 0.6) is 0 Å². The van der Waals surface area contributed by atoms with E-state index in [4.69, 9.17) is 5.14 Å². The summed E-state index contributed by atoms with van der Waals surface area (Å²) in [6, 6.07) is 5.09. The van der Waals surface area contributed by atoms with Gasteiger partial charge in [0, 0.05) is 5.69 Å². The van der Waals surface area contributed by atoms with Gasteiger partial charge in [-0.1, -0.05) is 12.1 Å². The Kier molecular flexibility index (Phi) is 5.20. The highest BCUT2D eigenvalue weighted by Gasteiger charge is 2.26. The van der Waals surface area contributed by atoms with Crippen molar-refractivity contribution in [3.8, 4) is 0 Å². The van der Waals surface area contributed by atoms with Crippen molar-refractivity contribution in [2.45, 2.75) is 62.9 Å². The first-order chi connectivity index (χ1) is 14.1. The zero-order valence-corrected chi connectivity index (χ0v) is 17.9. The largest absolute Gasteiger partial charge is 0.386 e. The SMILES string of the molecule is CC(C)(O)c1ccc([S@](N)(=O)=NC(=O)Nc2c3c(cc4c2CCC4)CCC3)c(F)c1. The number of nitrogens with one attached hydrogen (secondary N) is 1. The Labute approximate surface area is 176 Å². The van der Waals surface area contributed by atoms with E-state index in [2.05, 4.69) is 15.7 Å². The van der Waals surface area contributed by atoms with Crippen LogP contribution in [0.4, 0.5) is 14.9 Å². The minimum Gasteiger partial charge on any atom is -0.386 e. The third-order valence-electron chi connectivity index (χ3n) is 5.88. The molecule has 1 atom stereocenters. The van der Waals surface area contributed by atoms with E-state index in [1.165, 1.54) is 37.1 Å². The molecular formula is C22H26FN3O3S. The van der Waals surface area contributed by atoms with Gasteiger partial charge in [0.1, 0.15) is 15.7 Å². The molecule has 30 heavy (non-hydrogen) atoms. The van der Waals surface area contributed by atoms with Gasteiger partial charge in [-0.2, -0.15) is 0 Å². The fraction of sp³-hybridized carbons (Fsp3) is 0.409. The van der Waals surface area contributed by atoms with Crippen LogP contribution < -0.4 is 10.5 Å². The van der Waals surface area contributed by atoms with Crippen LogP contribution in [-0.4, -0.2) is 15.3 Å². The van der Waals surface area contributed by atoms with Gasteiger partial charge in [0.15, 0.2) is 0 Å². The zero-order chi connectivity index (χ0) is 21.7. The summed E-state index contributed by atoms with van der Waals surface area (Å²) >= 11 is 0. The first-order valence-corrected chi connectivity index (χ1v) is 11.7. The molecule has 2 aliphatic carbocycles. The van der Waals surface area contributed by atoms with Crippen molar-refractivity contribution in [2.24, 2.45) is 9.50 Å². The monoisotopic (exact) mass is 431 g/mol. The van der Waals surface area contributed by atoms with E-state index < -0.39 is 27.4 Å². The van der Waals surface area contributed by atoms with Gasteiger partial charge in [0.05, 0.1) is 10.5 Å². The molecule has 0 heterocycles. The number of halogens is 1. The van der Waals surface area contributed by atoms with Gasteiger partial charge in [-0.25, -0.2) is 18.5 Å². The number of hydrogen-bond donors (Lipinski definition) is 3. The van der Waals surface area contributed by atoms with E-state index in [1.54, 1.807) is 0 Å². The summed E-state index contributed by atoms with van der Waals surface area (Å²) in [6.07, 6.45) is 5.78. The summed E-state index contributed by atoms with van der Waals surface area (Å²) < 4.78 is 31.1. The number of nitrogens with zero attached hydrogens (tertiary/aromatic N) is 1. The molecule has 2 amide bonds. The van der Waals surface area contributed by atoms with Gasteiger partial charge < -0.3 is 10.4 Å². The van der Waals surface area contributed by atoms with Gasteiger partial charge in [0.2, 0.25) is 0 Å². The summed E-state index contributed by atoms with van der Waals surface area (Å²) in [4.78, 5) is 12.3. The fourth-order valence-corrected chi connectivity index (χ4v) is 5.38. The van der Waals surface area contributed by atoms with Crippen LogP contribution in [0.1, 0.15) is 54.5 Å². The molecule has 8 heteroatoms. The van der Waals surface area contributed by atoms with E-state index >= 15 is 0 Å². The molecule has 6 nitrogen and oxygen atoms in total. The molecule has 160 valence electrons. The molecule has 2 aromatic carbocycles. The number of carbonyl (C=O) groups is 1. The number of carbonyl (C=O) groups excluding carboxylic acids is 1. The van der Waals surface area contributed by atoms with Crippen molar-refractivity contribution in [2.75, 3.05) is 5.32 Å². The predicted octanol–water partition coefficient (Wildman–Crippen LogP) is 3.96. The maximum absolute atomic E-state index is 14.6. The highest BCUT2D eigenvalue weighted by Crippen LogP contribution is 2.38. The molecule has 2 aliphatic rings. The second kappa shape index (κ2) is 7.44. The standard InChI is InChI=1S/C22H26FN3O3S/c1-22(2,28)15-9-10-19(18(23)12-15)30(24,29)26-21(27)25-20-16-7-3-5-13(16)11-14-6-4-8-17(14)20/h9-12,28H,3-8H2,1-2H3,(H3,24,25,26,27,29)/t30-/m1/s1. The van der Waals surface area contributed by atoms with E-state index in [0.29, 0.717) is 5.56 Å². The summed E-state index contributed by atoms with van der Waals surface area (Å²) in [5, 5.41) is 18.6. The van der Waals surface area contributed by atoms with Gasteiger partial charge in [-0.05, 0) is 92.3 Å². The molecule has 0 bridgehead atoms. The zero-order valence-electron chi connectivity index (χ0n) is 17.1. The lowest BCUT2D eigenvalue weighted by Gasteiger charge is -2.18. The summed E-state index contributed by atoms with van der Waals surface area (Å²) in [6.45, 7) is 3.02. The average Bonchev–Trinajstić information content (AvgIpc) is 3.28. The number of anilines is 1. The van der Waals surface area contributed by atoms with Gasteiger partial charge >= 0.3 is 6.03 Å². The number of benzene rings is 2. The Morgan fingerprint density at radius 3 is 2.27 bits per heavy atom. The highest BCUT2D eigenvalue weighted by molar-refractivity contribution is 7.91. The Balaban J connectivity index is 1.67. The van der Waals surface area contributed by atoms with Crippen molar-refractivity contribution in [3.63, 3.8) is 0 Å². The normalized spacial score (nSPS) is 17.2. The smallest absolute Gasteiger partial charge is 0.354 e. The Bertz CT molecular complexity index is 1130. The molecule has 0 fully saturated rings. The van der Waals surface area contributed by atoms with Crippen molar-refractivity contribution >= 4 is 21.6 Å². The lowest BCUT2D eigenvalue weighted by Crippen LogP contribution is -2.21. The minimum absolute atomic E-state index is 0.304. The first kappa shape index (κ1) is 21.0. The van der Waals surface area contributed by atoms with Gasteiger partial charge in [-0.3, -0.25) is 0 Å². The number of nitrogens with two attached hydrogens (primary N) is 1. The summed E-state index contributed by atoms with van der Waals surface area (Å²) in [5.74, 6) is -0.875. The van der Waals surface area contributed by atoms with Crippen LogP contribution >= 0.6 is 0 Å².